The van der Waals surface area contributed by atoms with E-state index in [1.165, 1.54) is 19.5 Å². The van der Waals surface area contributed by atoms with Gasteiger partial charge in [-0.2, -0.15) is 15.0 Å². The molecule has 15 heteroatoms. The summed E-state index contributed by atoms with van der Waals surface area (Å²) in [6.45, 7) is 3.74. The zero-order valence-corrected chi connectivity index (χ0v) is 25.1. The summed E-state index contributed by atoms with van der Waals surface area (Å²) in [7, 11) is 1.50. The quantitative estimate of drug-likeness (QED) is 0.151. The molecule has 2 aromatic carbocycles. The number of anilines is 5. The zero-order valence-electron chi connectivity index (χ0n) is 23.5. The Morgan fingerprint density at radius 1 is 0.854 bits per heavy atom. The van der Waals surface area contributed by atoms with E-state index in [1.807, 2.05) is 0 Å². The Morgan fingerprint density at radius 2 is 1.37 bits per heavy atom. The Bertz CT molecular complexity index is 1230. The van der Waals surface area contributed by atoms with Gasteiger partial charge in [0.05, 0.1) is 5.69 Å². The molecule has 3 aromatic rings. The topological polar surface area (TPSA) is 238 Å². The van der Waals surface area contributed by atoms with Crippen LogP contribution in [0.2, 0.25) is 5.02 Å². The summed E-state index contributed by atoms with van der Waals surface area (Å²) in [5.74, 6) is 1.38. The molecule has 2 aliphatic rings. The molecule has 2 fully saturated rings. The molecule has 13 nitrogen and oxygen atoms in total. The second-order valence-corrected chi connectivity index (χ2v) is 9.26. The minimum Gasteiger partial charge on any atom is -0.506 e. The summed E-state index contributed by atoms with van der Waals surface area (Å²) < 4.78 is 0. The summed E-state index contributed by atoms with van der Waals surface area (Å²) in [5, 5.41) is 17.0. The lowest BCUT2D eigenvalue weighted by Gasteiger charge is -2.27. The van der Waals surface area contributed by atoms with Gasteiger partial charge in [-0.3, -0.25) is 4.79 Å². The Morgan fingerprint density at radius 3 is 1.88 bits per heavy atom. The molecule has 236 valence electrons. The number of aromatic hydroxyl groups is 1. The molecule has 2 saturated heterocycles. The molecule has 1 aromatic heterocycles. The fraction of sp³-hybridized carbons (Fsp3) is 0.385. The third-order valence-electron chi connectivity index (χ3n) is 6.25. The SMILES string of the molecule is CN.Cl.N.N.N.O=C(Nc1ccc(Nc2nc(N3CCCCC3)nc(N3CCCC3)n2)cc1O)c1ccc(Cl)cc1.[HH].[HH].[HH].[HH]. The second kappa shape index (κ2) is 18.1. The number of carbonyl (C=O) groups excluding carboxylic acids is 1. The first-order chi connectivity index (χ1) is 18.0. The lowest BCUT2D eigenvalue weighted by Crippen LogP contribution is -2.32. The van der Waals surface area contributed by atoms with Crippen molar-refractivity contribution < 1.29 is 15.6 Å². The van der Waals surface area contributed by atoms with Crippen molar-refractivity contribution in [1.29, 1.82) is 0 Å². The first kappa shape index (κ1) is 37.5. The Kier molecular flexibility index (Phi) is 16.5. The minimum absolute atomic E-state index is 0. The van der Waals surface area contributed by atoms with Crippen LogP contribution in [0.25, 0.3) is 0 Å². The molecule has 1 amide bonds. The molecule has 0 atom stereocenters. The fourth-order valence-electron chi connectivity index (χ4n) is 4.34. The first-order valence-corrected chi connectivity index (χ1v) is 12.9. The molecule has 5 rings (SSSR count). The molecular weight excluding hydrogens is 569 g/mol. The van der Waals surface area contributed by atoms with E-state index in [4.69, 9.17) is 16.6 Å². The number of amides is 1. The zero-order chi connectivity index (χ0) is 26.2. The lowest BCUT2D eigenvalue weighted by molar-refractivity contribution is 0.102. The van der Waals surface area contributed by atoms with Crippen molar-refractivity contribution in [3.8, 4) is 5.75 Å². The number of benzene rings is 2. The van der Waals surface area contributed by atoms with Gasteiger partial charge in [0.1, 0.15) is 5.75 Å². The van der Waals surface area contributed by atoms with Crippen LogP contribution in [-0.4, -0.2) is 59.2 Å². The van der Waals surface area contributed by atoms with E-state index in [1.54, 1.807) is 36.4 Å². The Labute approximate surface area is 258 Å². The number of nitrogens with zero attached hydrogens (tertiary/aromatic N) is 5. The van der Waals surface area contributed by atoms with Crippen LogP contribution in [0, 0.1) is 0 Å². The van der Waals surface area contributed by atoms with Gasteiger partial charge in [0.25, 0.3) is 5.91 Å². The van der Waals surface area contributed by atoms with E-state index in [0.717, 1.165) is 51.9 Å². The average molecular weight is 621 g/mol. The van der Waals surface area contributed by atoms with Crippen LogP contribution in [0.1, 0.15) is 48.2 Å². The van der Waals surface area contributed by atoms with Crippen molar-refractivity contribution in [1.82, 2.24) is 33.4 Å². The van der Waals surface area contributed by atoms with E-state index in [9.17, 15) is 9.90 Å². The van der Waals surface area contributed by atoms with Crippen molar-refractivity contribution in [2.45, 2.75) is 32.1 Å². The highest BCUT2D eigenvalue weighted by Gasteiger charge is 2.21. The number of phenolic OH excluding ortho intramolecular Hbond substituents is 1. The summed E-state index contributed by atoms with van der Waals surface area (Å²) >= 11 is 5.89. The van der Waals surface area contributed by atoms with Gasteiger partial charge in [0, 0.05) is 54.2 Å². The molecule has 0 bridgehead atoms. The number of piperidine rings is 1. The van der Waals surface area contributed by atoms with Crippen molar-refractivity contribution >= 4 is 59.1 Å². The molecule has 0 unspecified atom stereocenters. The summed E-state index contributed by atoms with van der Waals surface area (Å²) in [6.07, 6.45) is 5.75. The van der Waals surface area contributed by atoms with Crippen LogP contribution >= 0.6 is 24.0 Å². The molecule has 0 saturated carbocycles. The number of phenols is 1. The highest BCUT2D eigenvalue weighted by Crippen LogP contribution is 2.30. The Balaban J connectivity index is -0.000000523. The number of hydrogen-bond acceptors (Lipinski definition) is 12. The van der Waals surface area contributed by atoms with E-state index in [0.29, 0.717) is 39.8 Å². The Hall–Kier alpha value is -3.46. The highest BCUT2D eigenvalue weighted by atomic mass is 35.5. The summed E-state index contributed by atoms with van der Waals surface area (Å²) in [5.41, 5.74) is 5.86. The number of aromatic nitrogens is 3. The van der Waals surface area contributed by atoms with Crippen LogP contribution in [-0.2, 0) is 0 Å². The molecule has 0 aliphatic carbocycles. The first-order valence-electron chi connectivity index (χ1n) is 12.6. The van der Waals surface area contributed by atoms with E-state index in [-0.39, 0.29) is 48.2 Å². The standard InChI is InChI=1S/C25H28ClN7O2.CH5N.ClH.3H3N.4H2/c26-18-8-6-17(7-9-18)22(35)28-20-11-10-19(16-21(20)34)27-23-29-24(32-12-2-1-3-13-32)31-25(30-23)33-14-4-5-15-33;1-2;;;;;;;;/h6-11,16,34H,1-5,12-15H2,(H,28,35)(H,27,29,30,31);2H2,1H3;1H;3*1H3;4*1H. The average Bonchev–Trinajstić information content (AvgIpc) is 3.47. The fourth-order valence-corrected chi connectivity index (χ4v) is 4.47. The van der Waals surface area contributed by atoms with Crippen LogP contribution in [0.4, 0.5) is 29.2 Å². The maximum atomic E-state index is 12.5. The smallest absolute Gasteiger partial charge is 0.255 e. The predicted octanol–water partition coefficient (Wildman–Crippen LogP) is 6.28. The monoisotopic (exact) mass is 619 g/mol. The number of nitrogens with one attached hydrogen (secondary N) is 2. The van der Waals surface area contributed by atoms with E-state index < -0.39 is 0 Å². The van der Waals surface area contributed by atoms with Gasteiger partial charge in [-0.1, -0.05) is 11.6 Å². The van der Waals surface area contributed by atoms with Gasteiger partial charge in [-0.25, -0.2) is 0 Å². The molecule has 2 aliphatic heterocycles. The minimum atomic E-state index is -0.337. The van der Waals surface area contributed by atoms with Gasteiger partial charge >= 0.3 is 0 Å². The lowest BCUT2D eigenvalue weighted by atomic mass is 10.1. The van der Waals surface area contributed by atoms with E-state index in [2.05, 4.69) is 36.1 Å². The number of halogens is 2. The molecule has 0 spiro atoms. The molecule has 14 N–H and O–H groups in total. The van der Waals surface area contributed by atoms with Gasteiger partial charge < -0.3 is 49.7 Å². The van der Waals surface area contributed by atoms with Crippen LogP contribution in [0.3, 0.4) is 0 Å². The highest BCUT2D eigenvalue weighted by molar-refractivity contribution is 6.30. The van der Waals surface area contributed by atoms with Gasteiger partial charge in [-0.05, 0) is 75.5 Å². The summed E-state index contributed by atoms with van der Waals surface area (Å²) in [6, 6.07) is 11.5. The van der Waals surface area contributed by atoms with Crippen LogP contribution < -0.4 is 44.6 Å². The third kappa shape index (κ3) is 9.85. The number of nitrogens with two attached hydrogens (primary N) is 1. The van der Waals surface area contributed by atoms with Crippen molar-refractivity contribution in [2.75, 3.05) is 53.7 Å². The second-order valence-electron chi connectivity index (χ2n) is 8.82. The van der Waals surface area contributed by atoms with Crippen LogP contribution in [0.15, 0.2) is 42.5 Å². The molecule has 3 heterocycles. The number of hydrogen-bond donors (Lipinski definition) is 7. The third-order valence-corrected chi connectivity index (χ3v) is 6.50. The number of rotatable bonds is 6. The van der Waals surface area contributed by atoms with Crippen LogP contribution in [0.5, 0.6) is 5.75 Å². The van der Waals surface area contributed by atoms with Gasteiger partial charge in [0.2, 0.25) is 17.8 Å². The maximum Gasteiger partial charge on any atom is 0.255 e. The normalized spacial score (nSPS) is 13.6. The van der Waals surface area contributed by atoms with E-state index >= 15 is 0 Å². The van der Waals surface area contributed by atoms with Gasteiger partial charge in [-0.15, -0.1) is 12.4 Å². The number of carbonyl (C=O) groups is 1. The largest absolute Gasteiger partial charge is 0.506 e. The van der Waals surface area contributed by atoms with Crippen molar-refractivity contribution in [3.05, 3.63) is 53.1 Å². The van der Waals surface area contributed by atoms with Crippen molar-refractivity contribution in [2.24, 2.45) is 5.73 Å². The van der Waals surface area contributed by atoms with Crippen molar-refractivity contribution in [3.63, 3.8) is 0 Å². The molecule has 0 radical (unpaired) electrons. The van der Waals surface area contributed by atoms with Gasteiger partial charge in [0.15, 0.2) is 0 Å². The molecule has 41 heavy (non-hydrogen) atoms. The molecular formula is C26H51Cl2N11O2. The summed E-state index contributed by atoms with van der Waals surface area (Å²) in [4.78, 5) is 31.0. The predicted molar refractivity (Wildman–Crippen MR) is 179 cm³/mol. The maximum absolute atomic E-state index is 12.5.